The SMILES string of the molecule is CN=C(NCCC(F)(F)F)NCC(C)c1ccc(C)cc1. The van der Waals surface area contributed by atoms with E-state index in [4.69, 9.17) is 0 Å². The summed E-state index contributed by atoms with van der Waals surface area (Å²) in [6.07, 6.45) is -5.03. The number of aliphatic imine (C=N–C) groups is 1. The molecule has 1 atom stereocenters. The Morgan fingerprint density at radius 1 is 1.19 bits per heavy atom. The van der Waals surface area contributed by atoms with Gasteiger partial charge in [0.25, 0.3) is 0 Å². The molecule has 0 saturated heterocycles. The van der Waals surface area contributed by atoms with Crippen LogP contribution in [0.25, 0.3) is 0 Å². The summed E-state index contributed by atoms with van der Waals surface area (Å²) in [5.41, 5.74) is 2.38. The van der Waals surface area contributed by atoms with Gasteiger partial charge in [0, 0.05) is 20.1 Å². The van der Waals surface area contributed by atoms with Crippen LogP contribution in [0.15, 0.2) is 29.3 Å². The molecule has 0 spiro atoms. The molecule has 0 aromatic heterocycles. The van der Waals surface area contributed by atoms with Gasteiger partial charge in [-0.15, -0.1) is 0 Å². The van der Waals surface area contributed by atoms with Crippen LogP contribution in [0, 0.1) is 6.92 Å². The van der Waals surface area contributed by atoms with Gasteiger partial charge < -0.3 is 10.6 Å². The first kappa shape index (κ1) is 17.3. The lowest BCUT2D eigenvalue weighted by atomic mass is 10.0. The van der Waals surface area contributed by atoms with Crippen molar-refractivity contribution in [1.29, 1.82) is 0 Å². The van der Waals surface area contributed by atoms with Gasteiger partial charge in [-0.3, -0.25) is 4.99 Å². The smallest absolute Gasteiger partial charge is 0.356 e. The van der Waals surface area contributed by atoms with E-state index < -0.39 is 12.6 Å². The highest BCUT2D eigenvalue weighted by Gasteiger charge is 2.26. The highest BCUT2D eigenvalue weighted by molar-refractivity contribution is 5.79. The number of guanidine groups is 1. The average molecular weight is 301 g/mol. The fraction of sp³-hybridized carbons (Fsp3) is 0.533. The Bertz CT molecular complexity index is 452. The quantitative estimate of drug-likeness (QED) is 0.647. The molecule has 3 nitrogen and oxygen atoms in total. The molecular weight excluding hydrogens is 279 g/mol. The Morgan fingerprint density at radius 3 is 2.33 bits per heavy atom. The molecule has 2 N–H and O–H groups in total. The van der Waals surface area contributed by atoms with Crippen LogP contribution in [0.4, 0.5) is 13.2 Å². The molecule has 0 aliphatic carbocycles. The first-order chi connectivity index (χ1) is 9.81. The van der Waals surface area contributed by atoms with Crippen LogP contribution in [0.3, 0.4) is 0 Å². The number of nitrogens with one attached hydrogen (secondary N) is 2. The van der Waals surface area contributed by atoms with Gasteiger partial charge in [-0.05, 0) is 18.4 Å². The van der Waals surface area contributed by atoms with Crippen LogP contribution in [0.2, 0.25) is 0 Å². The van der Waals surface area contributed by atoms with Crippen LogP contribution in [0.1, 0.15) is 30.4 Å². The number of alkyl halides is 3. The molecular formula is C15H22F3N3. The standard InChI is InChI=1S/C15H22F3N3/c1-11-4-6-13(7-5-11)12(2)10-21-14(19-3)20-9-8-15(16,17)18/h4-7,12H,8-10H2,1-3H3,(H2,19,20,21). The van der Waals surface area contributed by atoms with Crippen molar-refractivity contribution in [2.75, 3.05) is 20.1 Å². The Hall–Kier alpha value is -1.72. The number of rotatable bonds is 5. The summed E-state index contributed by atoms with van der Waals surface area (Å²) in [7, 11) is 1.54. The highest BCUT2D eigenvalue weighted by Crippen LogP contribution is 2.18. The average Bonchev–Trinajstić information content (AvgIpc) is 2.41. The minimum Gasteiger partial charge on any atom is -0.356 e. The topological polar surface area (TPSA) is 36.4 Å². The third kappa shape index (κ3) is 7.02. The highest BCUT2D eigenvalue weighted by atomic mass is 19.4. The van der Waals surface area contributed by atoms with Gasteiger partial charge in [-0.1, -0.05) is 36.8 Å². The predicted octanol–water partition coefficient (Wildman–Crippen LogP) is 3.22. The van der Waals surface area contributed by atoms with E-state index in [-0.39, 0.29) is 12.5 Å². The second-order valence-electron chi connectivity index (χ2n) is 5.06. The van der Waals surface area contributed by atoms with E-state index in [2.05, 4.69) is 34.7 Å². The van der Waals surface area contributed by atoms with E-state index in [9.17, 15) is 13.2 Å². The Balaban J connectivity index is 2.39. The number of benzene rings is 1. The fourth-order valence-corrected chi connectivity index (χ4v) is 1.81. The van der Waals surface area contributed by atoms with Crippen molar-refractivity contribution in [3.8, 4) is 0 Å². The molecule has 6 heteroatoms. The molecule has 0 radical (unpaired) electrons. The van der Waals surface area contributed by atoms with E-state index in [1.54, 1.807) is 7.05 Å². The van der Waals surface area contributed by atoms with Crippen molar-refractivity contribution in [3.63, 3.8) is 0 Å². The number of aryl methyl sites for hydroxylation is 1. The van der Waals surface area contributed by atoms with Crippen molar-refractivity contribution < 1.29 is 13.2 Å². The van der Waals surface area contributed by atoms with Gasteiger partial charge in [-0.2, -0.15) is 13.2 Å². The zero-order valence-electron chi connectivity index (χ0n) is 12.6. The lowest BCUT2D eigenvalue weighted by molar-refractivity contribution is -0.132. The fourth-order valence-electron chi connectivity index (χ4n) is 1.81. The van der Waals surface area contributed by atoms with Crippen LogP contribution >= 0.6 is 0 Å². The Kier molecular flexibility index (Phi) is 6.52. The van der Waals surface area contributed by atoms with E-state index in [1.165, 1.54) is 11.1 Å². The third-order valence-electron chi connectivity index (χ3n) is 3.15. The van der Waals surface area contributed by atoms with Crippen molar-refractivity contribution >= 4 is 5.96 Å². The van der Waals surface area contributed by atoms with Gasteiger partial charge in [-0.25, -0.2) is 0 Å². The summed E-state index contributed by atoms with van der Waals surface area (Å²) >= 11 is 0. The minimum absolute atomic E-state index is 0.178. The lowest BCUT2D eigenvalue weighted by Crippen LogP contribution is -2.40. The normalized spacial score (nSPS) is 13.9. The van der Waals surface area contributed by atoms with E-state index in [0.717, 1.165) is 0 Å². The van der Waals surface area contributed by atoms with E-state index >= 15 is 0 Å². The van der Waals surface area contributed by atoms with Crippen LogP contribution in [0.5, 0.6) is 0 Å². The number of hydrogen-bond donors (Lipinski definition) is 2. The summed E-state index contributed by atoms with van der Waals surface area (Å²) in [5.74, 6) is 0.630. The van der Waals surface area contributed by atoms with Crippen molar-refractivity contribution in [2.45, 2.75) is 32.4 Å². The van der Waals surface area contributed by atoms with Crippen molar-refractivity contribution in [1.82, 2.24) is 10.6 Å². The van der Waals surface area contributed by atoms with E-state index in [0.29, 0.717) is 12.5 Å². The molecule has 1 rings (SSSR count). The summed E-state index contributed by atoms with van der Waals surface area (Å²) in [6.45, 7) is 4.51. The molecule has 0 amide bonds. The number of halogens is 3. The maximum Gasteiger partial charge on any atom is 0.390 e. The number of hydrogen-bond acceptors (Lipinski definition) is 1. The van der Waals surface area contributed by atoms with Crippen LogP contribution in [-0.2, 0) is 0 Å². The lowest BCUT2D eigenvalue weighted by Gasteiger charge is -2.17. The molecule has 0 bridgehead atoms. The molecule has 0 heterocycles. The maximum absolute atomic E-state index is 12.1. The second-order valence-corrected chi connectivity index (χ2v) is 5.06. The van der Waals surface area contributed by atoms with Gasteiger partial charge >= 0.3 is 6.18 Å². The summed E-state index contributed by atoms with van der Waals surface area (Å²) in [6, 6.07) is 8.20. The van der Waals surface area contributed by atoms with Gasteiger partial charge in [0.2, 0.25) is 0 Å². The minimum atomic E-state index is -4.15. The van der Waals surface area contributed by atoms with E-state index in [1.807, 2.05) is 19.1 Å². The molecule has 0 aliphatic rings. The monoisotopic (exact) mass is 301 g/mol. The van der Waals surface area contributed by atoms with Gasteiger partial charge in [0.05, 0.1) is 6.42 Å². The molecule has 1 aromatic rings. The summed E-state index contributed by atoms with van der Waals surface area (Å²) < 4.78 is 36.2. The van der Waals surface area contributed by atoms with Crippen LogP contribution in [-0.4, -0.2) is 32.3 Å². The van der Waals surface area contributed by atoms with Gasteiger partial charge in [0.15, 0.2) is 5.96 Å². The summed E-state index contributed by atoms with van der Waals surface area (Å²) in [5, 5.41) is 5.70. The molecule has 1 aromatic carbocycles. The Morgan fingerprint density at radius 2 is 1.81 bits per heavy atom. The second kappa shape index (κ2) is 7.90. The molecule has 21 heavy (non-hydrogen) atoms. The first-order valence-corrected chi connectivity index (χ1v) is 6.89. The molecule has 0 fully saturated rings. The van der Waals surface area contributed by atoms with Crippen LogP contribution < -0.4 is 10.6 Å². The largest absolute Gasteiger partial charge is 0.390 e. The molecule has 118 valence electrons. The molecule has 0 saturated carbocycles. The molecule has 1 unspecified atom stereocenters. The summed E-state index contributed by atoms with van der Waals surface area (Å²) in [4.78, 5) is 3.91. The predicted molar refractivity (Wildman–Crippen MR) is 79.6 cm³/mol. The maximum atomic E-state index is 12.1. The molecule has 0 aliphatic heterocycles. The third-order valence-corrected chi connectivity index (χ3v) is 3.15. The zero-order chi connectivity index (χ0) is 15.9. The first-order valence-electron chi connectivity index (χ1n) is 6.89. The van der Waals surface area contributed by atoms with Gasteiger partial charge in [0.1, 0.15) is 0 Å². The zero-order valence-corrected chi connectivity index (χ0v) is 12.6. The Labute approximate surface area is 123 Å². The number of nitrogens with zero attached hydrogens (tertiary/aromatic N) is 1. The van der Waals surface area contributed by atoms with Crippen molar-refractivity contribution in [3.05, 3.63) is 35.4 Å². The van der Waals surface area contributed by atoms with Crippen molar-refractivity contribution in [2.24, 2.45) is 4.99 Å².